The van der Waals surface area contributed by atoms with Crippen LogP contribution in [-0.2, 0) is 21.4 Å². The molecule has 0 saturated carbocycles. The summed E-state index contributed by atoms with van der Waals surface area (Å²) in [4.78, 5) is -0.0196. The maximum absolute atomic E-state index is 12.3. The molecular formula is C12H16ClNO4S. The Hall–Kier alpha value is -0.660. The first-order valence-electron chi connectivity index (χ1n) is 5.87. The molecule has 0 bridgehead atoms. The van der Waals surface area contributed by atoms with Crippen molar-refractivity contribution in [2.45, 2.75) is 30.4 Å². The lowest BCUT2D eigenvalue weighted by atomic mass is 10.0. The van der Waals surface area contributed by atoms with Crippen LogP contribution in [0, 0.1) is 0 Å². The Labute approximate surface area is 117 Å². The number of halogens is 1. The van der Waals surface area contributed by atoms with Crippen molar-refractivity contribution in [1.82, 2.24) is 4.72 Å². The molecule has 0 aromatic heterocycles. The van der Waals surface area contributed by atoms with Crippen LogP contribution in [0.25, 0.3) is 0 Å². The van der Waals surface area contributed by atoms with Gasteiger partial charge in [-0.1, -0.05) is 17.7 Å². The SMILES string of the molecule is CC1(NS(=O)(=O)c2cc(CO)ccc2Cl)CCOC1. The van der Waals surface area contributed by atoms with Crippen molar-refractivity contribution in [3.63, 3.8) is 0 Å². The van der Waals surface area contributed by atoms with E-state index in [4.69, 9.17) is 21.4 Å². The zero-order chi connectivity index (χ0) is 14.1. The summed E-state index contributed by atoms with van der Waals surface area (Å²) in [6.07, 6.45) is 0.615. The molecule has 0 radical (unpaired) electrons. The van der Waals surface area contributed by atoms with Crippen LogP contribution in [0.1, 0.15) is 18.9 Å². The van der Waals surface area contributed by atoms with Crippen LogP contribution in [0.15, 0.2) is 23.1 Å². The zero-order valence-corrected chi connectivity index (χ0v) is 12.1. The molecule has 1 fully saturated rings. The third-order valence-corrected chi connectivity index (χ3v) is 5.19. The van der Waals surface area contributed by atoms with Crippen molar-refractivity contribution in [2.75, 3.05) is 13.2 Å². The quantitative estimate of drug-likeness (QED) is 0.879. The molecule has 1 heterocycles. The molecule has 0 amide bonds. The van der Waals surface area contributed by atoms with Gasteiger partial charge in [-0.15, -0.1) is 0 Å². The normalized spacial score (nSPS) is 23.7. The summed E-state index contributed by atoms with van der Waals surface area (Å²) < 4.78 is 32.5. The number of hydrogen-bond acceptors (Lipinski definition) is 4. The Kier molecular flexibility index (Phi) is 4.17. The van der Waals surface area contributed by atoms with Gasteiger partial charge in [-0.3, -0.25) is 0 Å². The molecule has 1 saturated heterocycles. The Bertz CT molecular complexity index is 567. The minimum Gasteiger partial charge on any atom is -0.392 e. The van der Waals surface area contributed by atoms with E-state index < -0.39 is 15.6 Å². The van der Waals surface area contributed by atoms with E-state index in [-0.39, 0.29) is 16.5 Å². The summed E-state index contributed by atoms with van der Waals surface area (Å²) in [5.41, 5.74) is -0.116. The fraction of sp³-hybridized carbons (Fsp3) is 0.500. The lowest BCUT2D eigenvalue weighted by Crippen LogP contribution is -2.46. The monoisotopic (exact) mass is 305 g/mol. The minimum atomic E-state index is -3.74. The molecule has 0 spiro atoms. The molecule has 1 aliphatic heterocycles. The van der Waals surface area contributed by atoms with Crippen LogP contribution in [-0.4, -0.2) is 32.3 Å². The first-order valence-corrected chi connectivity index (χ1v) is 7.73. The van der Waals surface area contributed by atoms with Crippen LogP contribution in [0.4, 0.5) is 0 Å². The maximum atomic E-state index is 12.3. The smallest absolute Gasteiger partial charge is 0.242 e. The van der Waals surface area contributed by atoms with Crippen LogP contribution >= 0.6 is 11.6 Å². The number of aliphatic hydroxyl groups is 1. The van der Waals surface area contributed by atoms with Crippen molar-refractivity contribution < 1.29 is 18.3 Å². The van der Waals surface area contributed by atoms with E-state index in [1.54, 1.807) is 13.0 Å². The van der Waals surface area contributed by atoms with Crippen molar-refractivity contribution in [3.05, 3.63) is 28.8 Å². The Balaban J connectivity index is 2.33. The Morgan fingerprint density at radius 2 is 2.26 bits per heavy atom. The molecule has 2 N–H and O–H groups in total. The third-order valence-electron chi connectivity index (χ3n) is 3.07. The highest BCUT2D eigenvalue weighted by Gasteiger charge is 2.35. The van der Waals surface area contributed by atoms with Gasteiger partial charge in [0, 0.05) is 6.61 Å². The standard InChI is InChI=1S/C12H16ClNO4S/c1-12(4-5-18-8-12)14-19(16,17)11-6-9(7-15)2-3-10(11)13/h2-3,6,14-15H,4-5,7-8H2,1H3. The zero-order valence-electron chi connectivity index (χ0n) is 10.5. The van der Waals surface area contributed by atoms with Crippen LogP contribution in [0.5, 0.6) is 0 Å². The molecule has 1 aliphatic rings. The van der Waals surface area contributed by atoms with E-state index >= 15 is 0 Å². The minimum absolute atomic E-state index is 0.0196. The van der Waals surface area contributed by atoms with Gasteiger partial charge in [0.15, 0.2) is 0 Å². The van der Waals surface area contributed by atoms with Crippen LogP contribution in [0.3, 0.4) is 0 Å². The van der Waals surface area contributed by atoms with Gasteiger partial charge in [0.2, 0.25) is 10.0 Å². The molecule has 7 heteroatoms. The fourth-order valence-electron chi connectivity index (χ4n) is 1.98. The summed E-state index contributed by atoms with van der Waals surface area (Å²) >= 11 is 5.94. The lowest BCUT2D eigenvalue weighted by molar-refractivity contribution is 0.178. The second-order valence-electron chi connectivity index (χ2n) is 4.89. The molecule has 1 aromatic carbocycles. The molecule has 1 atom stereocenters. The van der Waals surface area contributed by atoms with Crippen LogP contribution in [0.2, 0.25) is 5.02 Å². The molecule has 106 valence electrons. The molecule has 1 unspecified atom stereocenters. The number of hydrogen-bond donors (Lipinski definition) is 2. The van der Waals surface area contributed by atoms with E-state index in [9.17, 15) is 8.42 Å². The van der Waals surface area contributed by atoms with E-state index in [0.29, 0.717) is 25.2 Å². The van der Waals surface area contributed by atoms with Gasteiger partial charge in [0.1, 0.15) is 4.90 Å². The summed E-state index contributed by atoms with van der Waals surface area (Å²) in [7, 11) is -3.74. The van der Waals surface area contributed by atoms with Gasteiger partial charge in [-0.2, -0.15) is 0 Å². The largest absolute Gasteiger partial charge is 0.392 e. The number of nitrogens with one attached hydrogen (secondary N) is 1. The lowest BCUT2D eigenvalue weighted by Gasteiger charge is -2.23. The van der Waals surface area contributed by atoms with E-state index in [1.165, 1.54) is 12.1 Å². The molecular weight excluding hydrogens is 290 g/mol. The fourth-order valence-corrected chi connectivity index (χ4v) is 3.95. The number of ether oxygens (including phenoxy) is 1. The van der Waals surface area contributed by atoms with Crippen molar-refractivity contribution in [2.24, 2.45) is 0 Å². The maximum Gasteiger partial charge on any atom is 0.242 e. The first-order chi connectivity index (χ1) is 8.86. The van der Waals surface area contributed by atoms with Crippen molar-refractivity contribution in [1.29, 1.82) is 0 Å². The van der Waals surface area contributed by atoms with Crippen LogP contribution < -0.4 is 4.72 Å². The number of benzene rings is 1. The number of aliphatic hydroxyl groups excluding tert-OH is 1. The second kappa shape index (κ2) is 5.38. The molecule has 19 heavy (non-hydrogen) atoms. The summed E-state index contributed by atoms with van der Waals surface area (Å²) in [6, 6.07) is 4.43. The van der Waals surface area contributed by atoms with Gasteiger partial charge in [0.25, 0.3) is 0 Å². The summed E-state index contributed by atoms with van der Waals surface area (Å²) in [5.74, 6) is 0. The number of sulfonamides is 1. The average molecular weight is 306 g/mol. The Morgan fingerprint density at radius 1 is 1.53 bits per heavy atom. The highest BCUT2D eigenvalue weighted by molar-refractivity contribution is 7.89. The van der Waals surface area contributed by atoms with Gasteiger partial charge in [-0.05, 0) is 31.0 Å². The molecule has 2 rings (SSSR count). The highest BCUT2D eigenvalue weighted by Crippen LogP contribution is 2.26. The van der Waals surface area contributed by atoms with E-state index in [1.807, 2.05) is 0 Å². The van der Waals surface area contributed by atoms with E-state index in [0.717, 1.165) is 0 Å². The summed E-state index contributed by atoms with van der Waals surface area (Å²) in [5, 5.41) is 9.21. The van der Waals surface area contributed by atoms with Crippen molar-refractivity contribution in [3.8, 4) is 0 Å². The van der Waals surface area contributed by atoms with Gasteiger partial charge in [-0.25, -0.2) is 13.1 Å². The summed E-state index contributed by atoms with van der Waals surface area (Å²) in [6.45, 7) is 2.42. The number of rotatable bonds is 4. The van der Waals surface area contributed by atoms with E-state index in [2.05, 4.69) is 4.72 Å². The average Bonchev–Trinajstić information content (AvgIpc) is 2.75. The van der Waals surface area contributed by atoms with Gasteiger partial charge >= 0.3 is 0 Å². The molecule has 1 aromatic rings. The first kappa shape index (κ1) is 14.7. The second-order valence-corrected chi connectivity index (χ2v) is 6.95. The highest BCUT2D eigenvalue weighted by atomic mass is 35.5. The van der Waals surface area contributed by atoms with Crippen molar-refractivity contribution >= 4 is 21.6 Å². The topological polar surface area (TPSA) is 75.6 Å². The molecule has 0 aliphatic carbocycles. The van der Waals surface area contributed by atoms with Gasteiger partial charge < -0.3 is 9.84 Å². The van der Waals surface area contributed by atoms with Gasteiger partial charge in [0.05, 0.1) is 23.8 Å². The third kappa shape index (κ3) is 3.27. The predicted octanol–water partition coefficient (Wildman–Crippen LogP) is 1.29. The molecule has 5 nitrogen and oxygen atoms in total. The predicted molar refractivity (Wildman–Crippen MR) is 71.5 cm³/mol. The Morgan fingerprint density at radius 3 is 2.84 bits per heavy atom.